The average molecular weight is 435 g/mol. The van der Waals surface area contributed by atoms with Crippen LogP contribution in [0.15, 0.2) is 69.9 Å². The summed E-state index contributed by atoms with van der Waals surface area (Å²) in [6.45, 7) is 0.713. The molecule has 4 aromatic rings. The Morgan fingerprint density at radius 3 is 2.83 bits per heavy atom. The highest BCUT2D eigenvalue weighted by Gasteiger charge is 2.18. The Hall–Kier alpha value is -3.15. The maximum absolute atomic E-state index is 12.9. The lowest BCUT2D eigenvalue weighted by atomic mass is 10.1. The van der Waals surface area contributed by atoms with Crippen molar-refractivity contribution in [3.05, 3.63) is 66.2 Å². The van der Waals surface area contributed by atoms with Gasteiger partial charge in [-0.2, -0.15) is 5.26 Å². The van der Waals surface area contributed by atoms with Gasteiger partial charge < -0.3 is 9.32 Å². The van der Waals surface area contributed by atoms with E-state index < -0.39 is 0 Å². The van der Waals surface area contributed by atoms with Crippen molar-refractivity contribution in [2.75, 3.05) is 12.3 Å². The van der Waals surface area contributed by atoms with Gasteiger partial charge in [-0.3, -0.25) is 4.79 Å². The standard InChI is InChI=1S/C22H18N4O2S2/c23-9-5-10-26(12-17-8-4-11-28-17)19(27)14-30-22-20-18(16-6-2-1-3-7-16)13-29-21(20)24-15-25-22/h1-4,6-8,11,13,15H,5,10,12,14H2. The predicted octanol–water partition coefficient (Wildman–Crippen LogP) is 4.99. The molecular weight excluding hydrogens is 416 g/mol. The molecule has 6 nitrogen and oxygen atoms in total. The first-order valence-corrected chi connectivity index (χ1v) is 11.2. The van der Waals surface area contributed by atoms with Crippen LogP contribution in [0.4, 0.5) is 0 Å². The Bertz CT molecular complexity index is 1170. The number of nitriles is 1. The van der Waals surface area contributed by atoms with E-state index in [0.717, 1.165) is 26.4 Å². The summed E-state index contributed by atoms with van der Waals surface area (Å²) in [7, 11) is 0. The fourth-order valence-corrected chi connectivity index (χ4v) is 4.97. The van der Waals surface area contributed by atoms with Gasteiger partial charge in [0.05, 0.1) is 36.4 Å². The van der Waals surface area contributed by atoms with E-state index in [4.69, 9.17) is 9.68 Å². The van der Waals surface area contributed by atoms with Gasteiger partial charge in [0.25, 0.3) is 0 Å². The molecule has 30 heavy (non-hydrogen) atoms. The number of hydrogen-bond acceptors (Lipinski definition) is 7. The van der Waals surface area contributed by atoms with E-state index in [0.29, 0.717) is 18.8 Å². The Morgan fingerprint density at radius 1 is 1.20 bits per heavy atom. The smallest absolute Gasteiger partial charge is 0.233 e. The minimum atomic E-state index is -0.0603. The highest BCUT2D eigenvalue weighted by Crippen LogP contribution is 2.37. The van der Waals surface area contributed by atoms with Gasteiger partial charge in [0.15, 0.2) is 0 Å². The van der Waals surface area contributed by atoms with E-state index in [1.807, 2.05) is 24.3 Å². The molecule has 0 spiro atoms. The molecule has 0 saturated carbocycles. The van der Waals surface area contributed by atoms with Crippen LogP contribution in [0.1, 0.15) is 12.2 Å². The summed E-state index contributed by atoms with van der Waals surface area (Å²) in [4.78, 5) is 24.3. The monoisotopic (exact) mass is 434 g/mol. The van der Waals surface area contributed by atoms with Crippen LogP contribution in [-0.2, 0) is 11.3 Å². The second-order valence-electron chi connectivity index (χ2n) is 6.47. The molecule has 1 aromatic carbocycles. The van der Waals surface area contributed by atoms with Gasteiger partial charge in [-0.25, -0.2) is 9.97 Å². The van der Waals surface area contributed by atoms with Crippen molar-refractivity contribution in [1.82, 2.24) is 14.9 Å². The lowest BCUT2D eigenvalue weighted by Crippen LogP contribution is -2.32. The van der Waals surface area contributed by atoms with Gasteiger partial charge in [-0.15, -0.1) is 11.3 Å². The number of carbonyl (C=O) groups excluding carboxylic acids is 1. The Balaban J connectivity index is 1.54. The number of aromatic nitrogens is 2. The third kappa shape index (κ3) is 4.53. The molecule has 0 radical (unpaired) electrons. The lowest BCUT2D eigenvalue weighted by Gasteiger charge is -2.20. The summed E-state index contributed by atoms with van der Waals surface area (Å²) in [5, 5.41) is 12.8. The molecule has 0 fully saturated rings. The van der Waals surface area contributed by atoms with Crippen LogP contribution < -0.4 is 0 Å². The normalized spacial score (nSPS) is 10.8. The Morgan fingerprint density at radius 2 is 2.07 bits per heavy atom. The van der Waals surface area contributed by atoms with Crippen molar-refractivity contribution in [3.8, 4) is 17.2 Å². The zero-order valence-electron chi connectivity index (χ0n) is 16.0. The first kappa shape index (κ1) is 20.1. The number of carbonyl (C=O) groups is 1. The van der Waals surface area contributed by atoms with E-state index in [1.165, 1.54) is 18.1 Å². The number of furan rings is 1. The van der Waals surface area contributed by atoms with Gasteiger partial charge in [-0.1, -0.05) is 42.1 Å². The van der Waals surface area contributed by atoms with E-state index in [9.17, 15) is 4.79 Å². The molecule has 0 aliphatic rings. The predicted molar refractivity (Wildman–Crippen MR) is 118 cm³/mol. The number of hydrogen-bond donors (Lipinski definition) is 0. The third-order valence-electron chi connectivity index (χ3n) is 4.53. The number of benzene rings is 1. The number of rotatable bonds is 8. The number of thiophene rings is 1. The quantitative estimate of drug-likeness (QED) is 0.287. The van der Waals surface area contributed by atoms with Crippen LogP contribution in [-0.4, -0.2) is 33.1 Å². The number of amides is 1. The van der Waals surface area contributed by atoms with Gasteiger partial charge in [0.1, 0.15) is 21.9 Å². The molecule has 0 saturated heterocycles. The fourth-order valence-electron chi connectivity index (χ4n) is 3.08. The molecule has 3 aromatic heterocycles. The SMILES string of the molecule is N#CCCN(Cc1ccco1)C(=O)CSc1ncnc2scc(-c3ccccc3)c12. The van der Waals surface area contributed by atoms with Crippen molar-refractivity contribution < 1.29 is 9.21 Å². The summed E-state index contributed by atoms with van der Waals surface area (Å²) in [6.07, 6.45) is 3.39. The van der Waals surface area contributed by atoms with Crippen LogP contribution in [0.3, 0.4) is 0 Å². The minimum absolute atomic E-state index is 0.0603. The van der Waals surface area contributed by atoms with Crippen LogP contribution >= 0.6 is 23.1 Å². The topological polar surface area (TPSA) is 83.0 Å². The molecule has 0 aliphatic carbocycles. The molecule has 3 heterocycles. The summed E-state index contributed by atoms with van der Waals surface area (Å²) >= 11 is 2.97. The number of fused-ring (bicyclic) bond motifs is 1. The zero-order chi connectivity index (χ0) is 20.8. The second kappa shape index (κ2) is 9.57. The van der Waals surface area contributed by atoms with Crippen LogP contribution in [0.5, 0.6) is 0 Å². The van der Waals surface area contributed by atoms with Crippen molar-refractivity contribution in [2.24, 2.45) is 0 Å². The Kier molecular flexibility index (Phi) is 6.42. The molecule has 0 unspecified atom stereocenters. The fraction of sp³-hybridized carbons (Fsp3) is 0.182. The molecule has 1 amide bonds. The van der Waals surface area contributed by atoms with Crippen molar-refractivity contribution in [2.45, 2.75) is 18.0 Å². The lowest BCUT2D eigenvalue weighted by molar-refractivity contribution is -0.129. The third-order valence-corrected chi connectivity index (χ3v) is 6.39. The molecular formula is C22H18N4O2S2. The van der Waals surface area contributed by atoms with Gasteiger partial charge in [-0.05, 0) is 17.7 Å². The van der Waals surface area contributed by atoms with Gasteiger partial charge >= 0.3 is 0 Å². The minimum Gasteiger partial charge on any atom is -0.467 e. The van der Waals surface area contributed by atoms with Crippen molar-refractivity contribution in [1.29, 1.82) is 5.26 Å². The van der Waals surface area contributed by atoms with Crippen LogP contribution in [0, 0.1) is 11.3 Å². The molecule has 150 valence electrons. The first-order chi connectivity index (χ1) is 14.8. The van der Waals surface area contributed by atoms with Crippen molar-refractivity contribution >= 4 is 39.2 Å². The summed E-state index contributed by atoms with van der Waals surface area (Å²) in [5.41, 5.74) is 2.17. The highest BCUT2D eigenvalue weighted by molar-refractivity contribution is 8.00. The van der Waals surface area contributed by atoms with Crippen LogP contribution in [0.25, 0.3) is 21.3 Å². The zero-order valence-corrected chi connectivity index (χ0v) is 17.7. The summed E-state index contributed by atoms with van der Waals surface area (Å²) in [6, 6.07) is 15.8. The largest absolute Gasteiger partial charge is 0.467 e. The van der Waals surface area contributed by atoms with E-state index >= 15 is 0 Å². The highest BCUT2D eigenvalue weighted by atomic mass is 32.2. The summed E-state index contributed by atoms with van der Waals surface area (Å²) < 4.78 is 5.37. The maximum Gasteiger partial charge on any atom is 0.233 e. The maximum atomic E-state index is 12.9. The second-order valence-corrected chi connectivity index (χ2v) is 8.29. The van der Waals surface area contributed by atoms with Gasteiger partial charge in [0.2, 0.25) is 5.91 Å². The van der Waals surface area contributed by atoms with Gasteiger partial charge in [0, 0.05) is 17.5 Å². The van der Waals surface area contributed by atoms with E-state index in [2.05, 4.69) is 33.5 Å². The summed E-state index contributed by atoms with van der Waals surface area (Å²) in [5.74, 6) is 0.859. The molecule has 0 bridgehead atoms. The first-order valence-electron chi connectivity index (χ1n) is 9.34. The molecule has 0 N–H and O–H groups in total. The van der Waals surface area contributed by atoms with Crippen LogP contribution in [0.2, 0.25) is 0 Å². The molecule has 4 rings (SSSR count). The van der Waals surface area contributed by atoms with E-state index in [1.54, 1.807) is 28.6 Å². The number of nitrogens with zero attached hydrogens (tertiary/aromatic N) is 4. The molecule has 0 atom stereocenters. The Labute approximate surface area is 182 Å². The molecule has 0 aliphatic heterocycles. The molecule has 8 heteroatoms. The average Bonchev–Trinajstić information content (AvgIpc) is 3.45. The van der Waals surface area contributed by atoms with E-state index in [-0.39, 0.29) is 18.1 Å². The van der Waals surface area contributed by atoms with Crippen molar-refractivity contribution in [3.63, 3.8) is 0 Å². The number of thioether (sulfide) groups is 1.